The van der Waals surface area contributed by atoms with Crippen molar-refractivity contribution in [3.8, 4) is 0 Å². The third kappa shape index (κ3) is 4.65. The fourth-order valence-corrected chi connectivity index (χ4v) is 5.92. The van der Waals surface area contributed by atoms with E-state index in [0.29, 0.717) is 17.1 Å². The maximum absolute atomic E-state index is 12.6. The zero-order chi connectivity index (χ0) is 20.5. The van der Waals surface area contributed by atoms with E-state index in [0.717, 1.165) is 0 Å². The summed E-state index contributed by atoms with van der Waals surface area (Å²) < 4.78 is 50.6. The molecule has 1 heterocycles. The van der Waals surface area contributed by atoms with E-state index in [-0.39, 0.29) is 33.9 Å². The summed E-state index contributed by atoms with van der Waals surface area (Å²) in [5, 5.41) is 0.491. The zero-order valence-electron chi connectivity index (χ0n) is 15.0. The molecule has 1 unspecified atom stereocenters. The summed E-state index contributed by atoms with van der Waals surface area (Å²) >= 11 is 5.79. The van der Waals surface area contributed by atoms with Crippen LogP contribution in [0.5, 0.6) is 0 Å². The van der Waals surface area contributed by atoms with Gasteiger partial charge in [0.2, 0.25) is 0 Å². The molecule has 3 rings (SSSR count). The average Bonchev–Trinajstić information content (AvgIpc) is 3.02. The van der Waals surface area contributed by atoms with Gasteiger partial charge in [0.15, 0.2) is 9.84 Å². The molecule has 1 amide bonds. The SMILES string of the molecule is CN(C(=O)c1ccc(S(=O)(=O)Nc2ccc(Cl)cc2)cc1)C1CCS(=O)(=O)C1. The molecule has 150 valence electrons. The third-order valence-electron chi connectivity index (χ3n) is 4.58. The first-order valence-corrected chi connectivity index (χ1v) is 12.1. The number of amides is 1. The number of sulfone groups is 1. The highest BCUT2D eigenvalue weighted by Gasteiger charge is 2.33. The lowest BCUT2D eigenvalue weighted by Gasteiger charge is -2.23. The van der Waals surface area contributed by atoms with Crippen LogP contribution in [-0.2, 0) is 19.9 Å². The van der Waals surface area contributed by atoms with Gasteiger partial charge in [0.25, 0.3) is 15.9 Å². The molecule has 1 atom stereocenters. The first kappa shape index (κ1) is 20.6. The van der Waals surface area contributed by atoms with E-state index < -0.39 is 19.9 Å². The Morgan fingerprint density at radius 1 is 1.11 bits per heavy atom. The summed E-state index contributed by atoms with van der Waals surface area (Å²) in [5.41, 5.74) is 0.656. The molecular formula is C18H19ClN2O5S2. The van der Waals surface area contributed by atoms with Gasteiger partial charge in [0.1, 0.15) is 0 Å². The molecule has 0 radical (unpaired) electrons. The minimum atomic E-state index is -3.82. The van der Waals surface area contributed by atoms with Crippen LogP contribution in [0.25, 0.3) is 0 Å². The first-order chi connectivity index (χ1) is 13.1. The fraction of sp³-hybridized carbons (Fsp3) is 0.278. The Labute approximate surface area is 169 Å². The summed E-state index contributed by atoms with van der Waals surface area (Å²) in [5.74, 6) is -0.327. The molecule has 1 aliphatic heterocycles. The van der Waals surface area contributed by atoms with Gasteiger partial charge in [0.05, 0.1) is 16.4 Å². The maximum Gasteiger partial charge on any atom is 0.261 e. The van der Waals surface area contributed by atoms with Crippen LogP contribution in [0.4, 0.5) is 5.69 Å². The number of carbonyl (C=O) groups excluding carboxylic acids is 1. The zero-order valence-corrected chi connectivity index (χ0v) is 17.4. The number of hydrogen-bond acceptors (Lipinski definition) is 5. The van der Waals surface area contributed by atoms with Crippen molar-refractivity contribution in [1.29, 1.82) is 0 Å². The molecule has 0 aliphatic carbocycles. The number of sulfonamides is 1. The monoisotopic (exact) mass is 442 g/mol. The van der Waals surface area contributed by atoms with Crippen LogP contribution in [0.3, 0.4) is 0 Å². The Kier molecular flexibility index (Phi) is 5.69. The van der Waals surface area contributed by atoms with Crippen LogP contribution in [0, 0.1) is 0 Å². The molecule has 0 bridgehead atoms. The quantitative estimate of drug-likeness (QED) is 0.766. The van der Waals surface area contributed by atoms with E-state index in [1.165, 1.54) is 29.2 Å². The molecule has 28 heavy (non-hydrogen) atoms. The molecule has 1 saturated heterocycles. The molecule has 1 fully saturated rings. The number of anilines is 1. The van der Waals surface area contributed by atoms with E-state index in [1.807, 2.05) is 0 Å². The molecule has 1 aliphatic rings. The molecule has 0 spiro atoms. The highest BCUT2D eigenvalue weighted by Crippen LogP contribution is 2.21. The first-order valence-electron chi connectivity index (χ1n) is 8.43. The molecule has 2 aromatic rings. The lowest BCUT2D eigenvalue weighted by molar-refractivity contribution is 0.0747. The van der Waals surface area contributed by atoms with Gasteiger partial charge in [0, 0.05) is 29.4 Å². The predicted molar refractivity (Wildman–Crippen MR) is 108 cm³/mol. The Morgan fingerprint density at radius 3 is 2.25 bits per heavy atom. The van der Waals surface area contributed by atoms with Crippen LogP contribution in [-0.4, -0.2) is 52.2 Å². The maximum atomic E-state index is 12.6. The number of benzene rings is 2. The fourth-order valence-electron chi connectivity index (χ4n) is 2.96. The number of nitrogens with zero attached hydrogens (tertiary/aromatic N) is 1. The number of hydrogen-bond donors (Lipinski definition) is 1. The van der Waals surface area contributed by atoms with Crippen LogP contribution in [0.1, 0.15) is 16.8 Å². The number of rotatable bonds is 5. The van der Waals surface area contributed by atoms with Gasteiger partial charge in [-0.2, -0.15) is 0 Å². The van der Waals surface area contributed by atoms with Crippen LogP contribution in [0.15, 0.2) is 53.4 Å². The van der Waals surface area contributed by atoms with E-state index >= 15 is 0 Å². The molecule has 1 N–H and O–H groups in total. The van der Waals surface area contributed by atoms with Crippen molar-refractivity contribution in [2.75, 3.05) is 23.3 Å². The Balaban J connectivity index is 1.73. The third-order valence-corrected chi connectivity index (χ3v) is 7.98. The molecule has 7 nitrogen and oxygen atoms in total. The summed E-state index contributed by atoms with van der Waals surface area (Å²) in [6, 6.07) is 11.4. The summed E-state index contributed by atoms with van der Waals surface area (Å²) in [7, 11) is -5.37. The summed E-state index contributed by atoms with van der Waals surface area (Å²) in [6.45, 7) is 0. The van der Waals surface area contributed by atoms with E-state index in [9.17, 15) is 21.6 Å². The molecular weight excluding hydrogens is 424 g/mol. The van der Waals surface area contributed by atoms with Crippen molar-refractivity contribution < 1.29 is 21.6 Å². The summed E-state index contributed by atoms with van der Waals surface area (Å²) in [4.78, 5) is 14.0. The second kappa shape index (κ2) is 7.73. The highest BCUT2D eigenvalue weighted by molar-refractivity contribution is 7.92. The number of nitrogens with one attached hydrogen (secondary N) is 1. The van der Waals surface area contributed by atoms with E-state index in [1.54, 1.807) is 31.3 Å². The number of halogens is 1. The van der Waals surface area contributed by atoms with Gasteiger partial charge in [-0.3, -0.25) is 9.52 Å². The van der Waals surface area contributed by atoms with Crippen molar-refractivity contribution in [2.24, 2.45) is 0 Å². The van der Waals surface area contributed by atoms with Gasteiger partial charge in [-0.15, -0.1) is 0 Å². The number of carbonyl (C=O) groups is 1. The smallest absolute Gasteiger partial charge is 0.261 e. The molecule has 0 aromatic heterocycles. The minimum absolute atomic E-state index is 0.00472. The molecule has 2 aromatic carbocycles. The van der Waals surface area contributed by atoms with Crippen molar-refractivity contribution in [3.63, 3.8) is 0 Å². The standard InChI is InChI=1S/C18H19ClN2O5S2/c1-21(16-10-11-27(23,24)12-16)18(22)13-2-8-17(9-3-13)28(25,26)20-15-6-4-14(19)5-7-15/h2-9,16,20H,10-12H2,1H3. The highest BCUT2D eigenvalue weighted by atomic mass is 35.5. The Hall–Kier alpha value is -2.10. The van der Waals surface area contributed by atoms with Gasteiger partial charge < -0.3 is 4.90 Å². The van der Waals surface area contributed by atoms with Crippen LogP contribution >= 0.6 is 11.6 Å². The van der Waals surface area contributed by atoms with Gasteiger partial charge >= 0.3 is 0 Å². The topological polar surface area (TPSA) is 101 Å². The second-order valence-corrected chi connectivity index (χ2v) is 11.0. The van der Waals surface area contributed by atoms with Gasteiger partial charge in [-0.1, -0.05) is 11.6 Å². The van der Waals surface area contributed by atoms with Crippen LogP contribution < -0.4 is 4.72 Å². The van der Waals surface area contributed by atoms with E-state index in [2.05, 4.69) is 4.72 Å². The second-order valence-electron chi connectivity index (χ2n) is 6.61. The summed E-state index contributed by atoms with van der Waals surface area (Å²) in [6.07, 6.45) is 0.405. The normalized spacial score (nSPS) is 18.6. The lowest BCUT2D eigenvalue weighted by Crippen LogP contribution is -2.37. The average molecular weight is 443 g/mol. The Bertz CT molecular complexity index is 1080. The largest absolute Gasteiger partial charge is 0.338 e. The van der Waals surface area contributed by atoms with E-state index in [4.69, 9.17) is 11.6 Å². The Morgan fingerprint density at radius 2 is 1.71 bits per heavy atom. The lowest BCUT2D eigenvalue weighted by atomic mass is 10.1. The minimum Gasteiger partial charge on any atom is -0.338 e. The van der Waals surface area contributed by atoms with Crippen LogP contribution in [0.2, 0.25) is 5.02 Å². The van der Waals surface area contributed by atoms with Gasteiger partial charge in [-0.05, 0) is 55.0 Å². The van der Waals surface area contributed by atoms with Gasteiger partial charge in [-0.25, -0.2) is 16.8 Å². The molecule has 0 saturated carbocycles. The van der Waals surface area contributed by atoms with Crippen molar-refractivity contribution in [3.05, 3.63) is 59.1 Å². The van der Waals surface area contributed by atoms with Crippen molar-refractivity contribution in [2.45, 2.75) is 17.4 Å². The molecule has 10 heteroatoms. The predicted octanol–water partition coefficient (Wildman–Crippen LogP) is 2.40. The van der Waals surface area contributed by atoms with Crippen molar-refractivity contribution in [1.82, 2.24) is 4.90 Å². The van der Waals surface area contributed by atoms with Crippen molar-refractivity contribution >= 4 is 43.1 Å².